The predicted octanol–water partition coefficient (Wildman–Crippen LogP) is 0.101. The zero-order valence-corrected chi connectivity index (χ0v) is 17.2. The zero-order chi connectivity index (χ0) is 21.7. The van der Waals surface area contributed by atoms with E-state index in [1.165, 1.54) is 41.4 Å². The Morgan fingerprint density at radius 3 is 2.21 bits per heavy atom. The molecule has 1 aromatic carbocycles. The lowest BCUT2D eigenvalue weighted by Gasteiger charge is -2.12. The first-order valence-electron chi connectivity index (χ1n) is 8.29. The third-order valence-electron chi connectivity index (χ3n) is 4.61. The highest BCUT2D eigenvalue weighted by molar-refractivity contribution is 7.90. The largest absolute Gasteiger partial charge is 0.496 e. The lowest BCUT2D eigenvalue weighted by atomic mass is 10.2. The van der Waals surface area contributed by atoms with E-state index >= 15 is 0 Å². The van der Waals surface area contributed by atoms with Gasteiger partial charge in [0.1, 0.15) is 5.75 Å². The number of imidazole rings is 1. The highest BCUT2D eigenvalue weighted by Crippen LogP contribution is 2.30. The Hall–Kier alpha value is -3.15. The molecular formula is C17H19FN4O6S. The third kappa shape index (κ3) is 3.18. The molecule has 0 bridgehead atoms. The van der Waals surface area contributed by atoms with Crippen molar-refractivity contribution in [1.29, 1.82) is 0 Å². The van der Waals surface area contributed by atoms with Gasteiger partial charge >= 0.3 is 5.69 Å². The van der Waals surface area contributed by atoms with Gasteiger partial charge in [-0.1, -0.05) is 0 Å². The number of hydrogen-bond acceptors (Lipinski definition) is 7. The Bertz CT molecular complexity index is 1350. The number of benzene rings is 1. The highest BCUT2D eigenvalue weighted by atomic mass is 32.2. The van der Waals surface area contributed by atoms with E-state index in [2.05, 4.69) is 4.98 Å². The Morgan fingerprint density at radius 1 is 1.00 bits per heavy atom. The standard InChI is InChI=1S/C17H19FN4O6S/c1-20-13-14(21(2)17(24)22(3)15(13)23)19-16(20)29(25,26)8-9-6-12(28-5)10(18)7-11(9)27-4/h6-7H,8H2,1-5H3. The predicted molar refractivity (Wildman–Crippen MR) is 102 cm³/mol. The van der Waals surface area contributed by atoms with Crippen molar-refractivity contribution in [2.75, 3.05) is 14.2 Å². The minimum Gasteiger partial charge on any atom is -0.496 e. The molecule has 0 aliphatic carbocycles. The summed E-state index contributed by atoms with van der Waals surface area (Å²) >= 11 is 0. The van der Waals surface area contributed by atoms with E-state index in [4.69, 9.17) is 9.47 Å². The maximum Gasteiger partial charge on any atom is 0.332 e. The molecule has 0 N–H and O–H groups in total. The number of ether oxygens (including phenoxy) is 2. The summed E-state index contributed by atoms with van der Waals surface area (Å²) in [5.41, 5.74) is -1.23. The lowest BCUT2D eigenvalue weighted by Crippen LogP contribution is -2.37. The van der Waals surface area contributed by atoms with Crippen molar-refractivity contribution in [2.45, 2.75) is 10.9 Å². The quantitative estimate of drug-likeness (QED) is 0.568. The molecule has 29 heavy (non-hydrogen) atoms. The van der Waals surface area contributed by atoms with Gasteiger partial charge < -0.3 is 14.0 Å². The van der Waals surface area contributed by atoms with Crippen LogP contribution in [-0.4, -0.2) is 41.3 Å². The van der Waals surface area contributed by atoms with Crippen molar-refractivity contribution < 1.29 is 22.3 Å². The normalized spacial score (nSPS) is 11.8. The summed E-state index contributed by atoms with van der Waals surface area (Å²) in [4.78, 5) is 28.6. The molecule has 0 aliphatic heterocycles. The number of methoxy groups -OCH3 is 2. The summed E-state index contributed by atoms with van der Waals surface area (Å²) in [5.74, 6) is -1.41. The second-order valence-corrected chi connectivity index (χ2v) is 8.27. The van der Waals surface area contributed by atoms with Crippen molar-refractivity contribution in [3.8, 4) is 11.5 Å². The molecule has 0 spiro atoms. The molecule has 0 saturated heterocycles. The number of sulfone groups is 1. The maximum absolute atomic E-state index is 13.9. The van der Waals surface area contributed by atoms with Crippen molar-refractivity contribution >= 4 is 21.0 Å². The van der Waals surface area contributed by atoms with E-state index in [0.29, 0.717) is 0 Å². The molecule has 0 radical (unpaired) electrons. The summed E-state index contributed by atoms with van der Waals surface area (Å²) < 4.78 is 53.1. The van der Waals surface area contributed by atoms with Crippen LogP contribution in [0.1, 0.15) is 5.56 Å². The number of rotatable bonds is 5. The van der Waals surface area contributed by atoms with Crippen LogP contribution in [-0.2, 0) is 36.7 Å². The van der Waals surface area contributed by atoms with E-state index in [1.807, 2.05) is 0 Å². The molecule has 2 heterocycles. The van der Waals surface area contributed by atoms with Crippen LogP contribution in [0, 0.1) is 5.82 Å². The molecule has 0 fully saturated rings. The Labute approximate surface area is 164 Å². The molecule has 0 saturated carbocycles. The van der Waals surface area contributed by atoms with Crippen molar-refractivity contribution in [1.82, 2.24) is 18.7 Å². The first-order chi connectivity index (χ1) is 13.5. The van der Waals surface area contributed by atoms with Crippen LogP contribution in [0.2, 0.25) is 0 Å². The number of halogens is 1. The summed E-state index contributed by atoms with van der Waals surface area (Å²) in [5, 5.41) is -0.406. The van der Waals surface area contributed by atoms with Gasteiger partial charge in [-0.3, -0.25) is 13.9 Å². The minimum absolute atomic E-state index is 0.0222. The molecule has 3 aromatic rings. The third-order valence-corrected chi connectivity index (χ3v) is 6.23. The molecular weight excluding hydrogens is 407 g/mol. The molecule has 12 heteroatoms. The first kappa shape index (κ1) is 20.6. The fraction of sp³-hybridized carbons (Fsp3) is 0.353. The zero-order valence-electron chi connectivity index (χ0n) is 16.4. The molecule has 3 rings (SSSR count). The molecule has 0 unspecified atom stereocenters. The van der Waals surface area contributed by atoms with Crippen LogP contribution in [0.25, 0.3) is 11.2 Å². The Morgan fingerprint density at radius 2 is 1.62 bits per heavy atom. The molecule has 0 aliphatic rings. The summed E-state index contributed by atoms with van der Waals surface area (Å²) in [7, 11) is 2.49. The molecule has 0 atom stereocenters. The van der Waals surface area contributed by atoms with Gasteiger partial charge in [0, 0.05) is 32.8 Å². The van der Waals surface area contributed by atoms with Crippen molar-refractivity contribution in [3.63, 3.8) is 0 Å². The molecule has 0 amide bonds. The second-order valence-electron chi connectivity index (χ2n) is 6.39. The first-order valence-corrected chi connectivity index (χ1v) is 9.94. The van der Waals surface area contributed by atoms with Gasteiger partial charge in [-0.25, -0.2) is 17.6 Å². The SMILES string of the molecule is COc1cc(CS(=O)(=O)c2nc3c(c(=O)n(C)c(=O)n3C)n2C)c(OC)cc1F. The average molecular weight is 426 g/mol. The van der Waals surface area contributed by atoms with Crippen LogP contribution in [0.5, 0.6) is 11.5 Å². The topological polar surface area (TPSA) is 114 Å². The van der Waals surface area contributed by atoms with E-state index in [9.17, 15) is 22.4 Å². The van der Waals surface area contributed by atoms with Crippen molar-refractivity contribution in [3.05, 3.63) is 44.4 Å². The van der Waals surface area contributed by atoms with Gasteiger partial charge in [-0.2, -0.15) is 4.98 Å². The van der Waals surface area contributed by atoms with E-state index < -0.39 is 37.8 Å². The van der Waals surface area contributed by atoms with Gasteiger partial charge in [0.2, 0.25) is 15.0 Å². The van der Waals surface area contributed by atoms with Gasteiger partial charge in [0.25, 0.3) is 5.56 Å². The van der Waals surface area contributed by atoms with E-state index in [-0.39, 0.29) is 28.2 Å². The van der Waals surface area contributed by atoms with Crippen LogP contribution in [0.4, 0.5) is 4.39 Å². The average Bonchev–Trinajstić information content (AvgIpc) is 3.03. The molecule has 156 valence electrons. The number of aromatic nitrogens is 4. The number of fused-ring (bicyclic) bond motifs is 1. The van der Waals surface area contributed by atoms with Crippen molar-refractivity contribution in [2.24, 2.45) is 21.1 Å². The fourth-order valence-electron chi connectivity index (χ4n) is 3.08. The second kappa shape index (κ2) is 7.03. The van der Waals surface area contributed by atoms with E-state index in [0.717, 1.165) is 19.8 Å². The van der Waals surface area contributed by atoms with Crippen LogP contribution >= 0.6 is 0 Å². The summed E-state index contributed by atoms with van der Waals surface area (Å²) in [6.07, 6.45) is 0. The summed E-state index contributed by atoms with van der Waals surface area (Å²) in [6, 6.07) is 2.25. The number of hydrogen-bond donors (Lipinski definition) is 0. The number of nitrogens with zero attached hydrogens (tertiary/aromatic N) is 4. The monoisotopic (exact) mass is 426 g/mol. The fourth-order valence-corrected chi connectivity index (χ4v) is 4.58. The smallest absolute Gasteiger partial charge is 0.332 e. The van der Waals surface area contributed by atoms with Crippen LogP contribution in [0.15, 0.2) is 26.9 Å². The van der Waals surface area contributed by atoms with Crippen LogP contribution < -0.4 is 20.7 Å². The number of aryl methyl sites for hydroxylation is 2. The van der Waals surface area contributed by atoms with Crippen LogP contribution in [0.3, 0.4) is 0 Å². The maximum atomic E-state index is 13.9. The molecule has 10 nitrogen and oxygen atoms in total. The molecule has 2 aromatic heterocycles. The Kier molecular flexibility index (Phi) is 4.99. The lowest BCUT2D eigenvalue weighted by molar-refractivity contribution is 0.375. The highest BCUT2D eigenvalue weighted by Gasteiger charge is 2.28. The van der Waals surface area contributed by atoms with Gasteiger partial charge in [-0.05, 0) is 6.07 Å². The Balaban J connectivity index is 2.22. The van der Waals surface area contributed by atoms with Gasteiger partial charge in [0.15, 0.2) is 22.7 Å². The minimum atomic E-state index is -4.11. The van der Waals surface area contributed by atoms with Gasteiger partial charge in [-0.15, -0.1) is 0 Å². The summed E-state index contributed by atoms with van der Waals surface area (Å²) in [6.45, 7) is 0. The van der Waals surface area contributed by atoms with Gasteiger partial charge in [0.05, 0.1) is 20.0 Å². The van der Waals surface area contributed by atoms with E-state index in [1.54, 1.807) is 0 Å².